The molecule has 3 aromatic rings. The van der Waals surface area contributed by atoms with E-state index in [1.807, 2.05) is 20.8 Å². The van der Waals surface area contributed by atoms with Crippen LogP contribution >= 0.6 is 11.6 Å². The number of pyridine rings is 1. The van der Waals surface area contributed by atoms with E-state index < -0.39 is 22.4 Å². The Bertz CT molecular complexity index is 1080. The maximum atomic E-state index is 12.6. The van der Waals surface area contributed by atoms with E-state index in [9.17, 15) is 14.4 Å². The van der Waals surface area contributed by atoms with E-state index in [1.165, 1.54) is 0 Å². The molecule has 29 heavy (non-hydrogen) atoms. The Morgan fingerprint density at radius 1 is 0.966 bits per heavy atom. The van der Waals surface area contributed by atoms with E-state index >= 15 is 0 Å². The van der Waals surface area contributed by atoms with Crippen LogP contribution in [0.15, 0.2) is 58.4 Å². The number of aromatic nitrogens is 1. The first-order valence-electron chi connectivity index (χ1n) is 9.00. The molecule has 3 N–H and O–H groups in total. The lowest BCUT2D eigenvalue weighted by Crippen LogP contribution is -2.51. The minimum absolute atomic E-state index is 0.142. The second-order valence-corrected chi connectivity index (χ2v) is 8.13. The Kier molecular flexibility index (Phi) is 5.70. The van der Waals surface area contributed by atoms with Crippen LogP contribution in [-0.4, -0.2) is 17.1 Å². The number of halogens is 1. The summed E-state index contributed by atoms with van der Waals surface area (Å²) in [5.41, 5.74) is -0.314. The summed E-state index contributed by atoms with van der Waals surface area (Å²) in [5, 5.41) is 9.38. The van der Waals surface area contributed by atoms with Gasteiger partial charge in [0.25, 0.3) is 16.8 Å². The number of nitrogens with one attached hydrogen (secondary N) is 3. The van der Waals surface area contributed by atoms with Gasteiger partial charge in [-0.15, -0.1) is 0 Å². The van der Waals surface area contributed by atoms with E-state index in [2.05, 4.69) is 20.9 Å². The van der Waals surface area contributed by atoms with E-state index in [0.29, 0.717) is 16.3 Å². The van der Waals surface area contributed by atoms with Crippen molar-refractivity contribution in [3.63, 3.8) is 0 Å². The number of carbonyl (C=O) groups is 1. The molecule has 1 unspecified atom stereocenters. The van der Waals surface area contributed by atoms with Crippen molar-refractivity contribution in [1.82, 2.24) is 10.3 Å². The zero-order chi connectivity index (χ0) is 21.2. The fourth-order valence-electron chi connectivity index (χ4n) is 2.66. The smallest absolute Gasteiger partial charge is 0.253 e. The molecule has 0 bridgehead atoms. The molecule has 0 saturated heterocycles. The summed E-state index contributed by atoms with van der Waals surface area (Å²) >= 11 is 5.87. The number of rotatable bonds is 6. The molecule has 3 rings (SSSR count). The quantitative estimate of drug-likeness (QED) is 0.424. The highest BCUT2D eigenvalue weighted by Crippen LogP contribution is 2.26. The maximum absolute atomic E-state index is 12.6. The van der Waals surface area contributed by atoms with Crippen LogP contribution in [0, 0.1) is 5.41 Å². The molecule has 1 aromatic heterocycles. The fourth-order valence-corrected chi connectivity index (χ4v) is 2.78. The molecular formula is C21H21ClN4O3. The monoisotopic (exact) mass is 412 g/mol. The predicted molar refractivity (Wildman–Crippen MR) is 115 cm³/mol. The van der Waals surface area contributed by atoms with Crippen molar-refractivity contribution in [2.75, 3.05) is 10.6 Å². The molecule has 0 fully saturated rings. The molecule has 0 spiro atoms. The lowest BCUT2D eigenvalue weighted by Gasteiger charge is -2.33. The van der Waals surface area contributed by atoms with Gasteiger partial charge in [0.2, 0.25) is 0 Å². The molecule has 1 heterocycles. The van der Waals surface area contributed by atoms with Crippen molar-refractivity contribution in [3.8, 4) is 0 Å². The van der Waals surface area contributed by atoms with Gasteiger partial charge in [0.15, 0.2) is 0 Å². The first kappa shape index (κ1) is 20.5. The molecule has 7 nitrogen and oxygen atoms in total. The normalized spacial score (nSPS) is 12.4. The lowest BCUT2D eigenvalue weighted by atomic mass is 9.91. The largest absolute Gasteiger partial charge is 0.360 e. The van der Waals surface area contributed by atoms with Crippen LogP contribution in [0.5, 0.6) is 0 Å². The molecular weight excluding hydrogens is 392 g/mol. The van der Waals surface area contributed by atoms with Crippen molar-refractivity contribution in [2.24, 2.45) is 5.41 Å². The highest BCUT2D eigenvalue weighted by Gasteiger charge is 2.31. The molecule has 150 valence electrons. The maximum Gasteiger partial charge on any atom is 0.253 e. The highest BCUT2D eigenvalue weighted by atomic mass is 35.5. The number of benzene rings is 1. The van der Waals surface area contributed by atoms with Crippen molar-refractivity contribution >= 4 is 34.6 Å². The minimum atomic E-state index is -0.628. The third-order valence-electron chi connectivity index (χ3n) is 4.40. The molecule has 0 aliphatic carbocycles. The number of anilines is 3. The topological polar surface area (TPSA) is 100 Å². The Morgan fingerprint density at radius 3 is 2.14 bits per heavy atom. The molecule has 0 saturated carbocycles. The van der Waals surface area contributed by atoms with Crippen LogP contribution in [0.3, 0.4) is 0 Å². The van der Waals surface area contributed by atoms with Gasteiger partial charge in [0.1, 0.15) is 17.5 Å². The lowest BCUT2D eigenvalue weighted by molar-refractivity contribution is 0.0913. The Labute approximate surface area is 172 Å². The summed E-state index contributed by atoms with van der Waals surface area (Å²) in [4.78, 5) is 40.8. The number of amides is 1. The summed E-state index contributed by atoms with van der Waals surface area (Å²) in [6.07, 6.45) is 2.54. The Hall–Kier alpha value is -3.19. The van der Waals surface area contributed by atoms with Crippen LogP contribution in [0.4, 0.5) is 17.1 Å². The number of hydrogen-bond acceptors (Lipinski definition) is 6. The summed E-state index contributed by atoms with van der Waals surface area (Å²) in [6.45, 7) is 5.73. The van der Waals surface area contributed by atoms with Gasteiger partial charge in [0, 0.05) is 34.1 Å². The van der Waals surface area contributed by atoms with Gasteiger partial charge in [-0.25, -0.2) is 0 Å². The first-order valence-corrected chi connectivity index (χ1v) is 9.38. The van der Waals surface area contributed by atoms with Crippen molar-refractivity contribution in [3.05, 3.63) is 79.8 Å². The predicted octanol–water partition coefficient (Wildman–Crippen LogP) is 3.29. The van der Waals surface area contributed by atoms with E-state index in [4.69, 9.17) is 11.6 Å². The molecule has 1 amide bonds. The SMILES string of the molecule is CC(C)(C)C(NC(=O)c1ccc(Cl)cc1)Nc1c(Nc2ccncc2)c(=O)c1=O. The average molecular weight is 413 g/mol. The molecule has 0 aliphatic heterocycles. The van der Waals surface area contributed by atoms with Gasteiger partial charge in [-0.1, -0.05) is 32.4 Å². The van der Waals surface area contributed by atoms with Crippen molar-refractivity contribution < 1.29 is 4.79 Å². The molecule has 1 atom stereocenters. The minimum Gasteiger partial charge on any atom is -0.360 e. The van der Waals surface area contributed by atoms with E-state index in [1.54, 1.807) is 48.8 Å². The van der Waals surface area contributed by atoms with Crippen molar-refractivity contribution in [2.45, 2.75) is 26.9 Å². The fraction of sp³-hybridized carbons (Fsp3) is 0.238. The molecule has 2 aromatic carbocycles. The molecule has 0 aliphatic rings. The number of carbonyl (C=O) groups excluding carboxylic acids is 1. The van der Waals surface area contributed by atoms with Gasteiger partial charge in [-0.3, -0.25) is 19.4 Å². The first-order chi connectivity index (χ1) is 13.7. The zero-order valence-corrected chi connectivity index (χ0v) is 17.0. The van der Waals surface area contributed by atoms with Crippen LogP contribution < -0.4 is 26.8 Å². The van der Waals surface area contributed by atoms with Crippen LogP contribution in [0.25, 0.3) is 0 Å². The van der Waals surface area contributed by atoms with Gasteiger partial charge in [0.05, 0.1) is 0 Å². The molecule has 8 heteroatoms. The standard InChI is InChI=1S/C21H21ClN4O3/c1-21(2,3)20(26-19(29)12-4-6-13(22)7-5-12)25-16-15(17(27)18(16)28)24-14-8-10-23-11-9-14/h4-11,20,25H,1-3H3,(H,23,24)(H,26,29). The van der Waals surface area contributed by atoms with E-state index in [0.717, 1.165) is 0 Å². The summed E-state index contributed by atoms with van der Waals surface area (Å²) in [7, 11) is 0. The second kappa shape index (κ2) is 8.05. The average Bonchev–Trinajstić information content (AvgIpc) is 2.69. The Balaban J connectivity index is 1.82. The van der Waals surface area contributed by atoms with Gasteiger partial charge >= 0.3 is 0 Å². The Morgan fingerprint density at radius 2 is 1.55 bits per heavy atom. The number of hydrogen-bond donors (Lipinski definition) is 3. The zero-order valence-electron chi connectivity index (χ0n) is 16.2. The van der Waals surface area contributed by atoms with Crippen LogP contribution in [0.1, 0.15) is 31.1 Å². The summed E-state index contributed by atoms with van der Waals surface area (Å²) in [5.74, 6) is -0.323. The van der Waals surface area contributed by atoms with E-state index in [-0.39, 0.29) is 17.3 Å². The van der Waals surface area contributed by atoms with Gasteiger partial charge in [-0.2, -0.15) is 0 Å². The van der Waals surface area contributed by atoms with Gasteiger partial charge in [-0.05, 0) is 36.4 Å². The molecule has 0 radical (unpaired) electrons. The summed E-state index contributed by atoms with van der Waals surface area (Å²) in [6, 6.07) is 9.86. The van der Waals surface area contributed by atoms with Crippen LogP contribution in [0.2, 0.25) is 5.02 Å². The highest BCUT2D eigenvalue weighted by molar-refractivity contribution is 6.30. The third-order valence-corrected chi connectivity index (χ3v) is 4.65. The number of nitrogens with zero attached hydrogens (tertiary/aromatic N) is 1. The van der Waals surface area contributed by atoms with Crippen molar-refractivity contribution in [1.29, 1.82) is 0 Å². The third kappa shape index (κ3) is 4.63. The summed E-state index contributed by atoms with van der Waals surface area (Å²) < 4.78 is 0. The van der Waals surface area contributed by atoms with Gasteiger partial charge < -0.3 is 16.0 Å². The van der Waals surface area contributed by atoms with Crippen LogP contribution in [-0.2, 0) is 0 Å². The second-order valence-electron chi connectivity index (χ2n) is 7.69.